The Balaban J connectivity index is 2.11. The topological polar surface area (TPSA) is 149 Å². The molecule has 2 aliphatic carbocycles. The first-order valence-corrected chi connectivity index (χ1v) is 14.3. The number of allylic oxidation sites excluding steroid dienone is 1. The number of hydrogen-bond acceptors (Lipinski definition) is 10. The fraction of sp³-hybridized carbons (Fsp3) is 0.767. The second-order valence-corrected chi connectivity index (χ2v) is 11.9. The van der Waals surface area contributed by atoms with Crippen molar-refractivity contribution in [3.8, 4) is 0 Å². The van der Waals surface area contributed by atoms with E-state index in [2.05, 4.69) is 6.92 Å². The van der Waals surface area contributed by atoms with Crippen LogP contribution in [0.4, 0.5) is 0 Å². The van der Waals surface area contributed by atoms with E-state index in [1.807, 2.05) is 0 Å². The molecule has 0 amide bonds. The van der Waals surface area contributed by atoms with Gasteiger partial charge in [0.2, 0.25) is 0 Å². The molecular formula is C30H46O10. The SMILES string of the molecule is C/C=C(/C)C(=O)O[C@H]1C(C)=C2[C@H]([C@@H]1OC(=O)CCCCCCC)[C@@](C)(OC(C)=O)C[C@H](O)[C@@]1(O)[C@H]2OC[C@@]1(C)O. The molecule has 1 aliphatic heterocycles. The average molecular weight is 567 g/mol. The highest BCUT2D eigenvalue weighted by Gasteiger charge is 2.71. The molecular weight excluding hydrogens is 520 g/mol. The number of ether oxygens (including phenoxy) is 4. The van der Waals surface area contributed by atoms with E-state index in [-0.39, 0.29) is 19.4 Å². The smallest absolute Gasteiger partial charge is 0.334 e. The van der Waals surface area contributed by atoms with Crippen molar-refractivity contribution < 1.29 is 48.7 Å². The zero-order valence-corrected chi connectivity index (χ0v) is 24.8. The molecule has 3 N–H and O–H groups in total. The number of rotatable bonds is 10. The number of esters is 3. The lowest BCUT2D eigenvalue weighted by Gasteiger charge is -2.41. The Morgan fingerprint density at radius 2 is 1.73 bits per heavy atom. The first kappa shape index (κ1) is 32.2. The van der Waals surface area contributed by atoms with E-state index < -0.39 is 65.0 Å². The van der Waals surface area contributed by atoms with Gasteiger partial charge in [-0.15, -0.1) is 0 Å². The summed E-state index contributed by atoms with van der Waals surface area (Å²) < 4.78 is 23.7. The van der Waals surface area contributed by atoms with Crippen molar-refractivity contribution in [1.29, 1.82) is 0 Å². The van der Waals surface area contributed by atoms with Gasteiger partial charge in [0.15, 0.2) is 17.8 Å². The Morgan fingerprint density at radius 3 is 2.33 bits per heavy atom. The lowest BCUT2D eigenvalue weighted by atomic mass is 9.76. The van der Waals surface area contributed by atoms with Crippen molar-refractivity contribution in [3.05, 3.63) is 22.8 Å². The summed E-state index contributed by atoms with van der Waals surface area (Å²) in [6, 6.07) is 0. The maximum absolute atomic E-state index is 13.1. The van der Waals surface area contributed by atoms with Gasteiger partial charge in [0.1, 0.15) is 17.3 Å². The fourth-order valence-electron chi connectivity index (χ4n) is 6.48. The first-order valence-electron chi connectivity index (χ1n) is 14.3. The molecule has 0 unspecified atom stereocenters. The molecule has 0 radical (unpaired) electrons. The number of carbonyl (C=O) groups excluding carboxylic acids is 3. The van der Waals surface area contributed by atoms with Crippen LogP contribution in [-0.2, 0) is 33.3 Å². The molecule has 0 aromatic rings. The molecule has 1 saturated carbocycles. The third-order valence-corrected chi connectivity index (χ3v) is 8.80. The van der Waals surface area contributed by atoms with Crippen LogP contribution in [0.15, 0.2) is 22.8 Å². The van der Waals surface area contributed by atoms with Crippen molar-refractivity contribution in [3.63, 3.8) is 0 Å². The molecule has 0 bridgehead atoms. The second kappa shape index (κ2) is 12.3. The van der Waals surface area contributed by atoms with Gasteiger partial charge >= 0.3 is 17.9 Å². The molecule has 226 valence electrons. The minimum Gasteiger partial charge on any atom is -0.459 e. The molecule has 8 atom stereocenters. The Labute approximate surface area is 236 Å². The van der Waals surface area contributed by atoms with E-state index in [4.69, 9.17) is 18.9 Å². The second-order valence-electron chi connectivity index (χ2n) is 11.9. The summed E-state index contributed by atoms with van der Waals surface area (Å²) in [6.45, 7) is 11.0. The number of hydrogen-bond donors (Lipinski definition) is 3. The molecule has 10 nitrogen and oxygen atoms in total. The van der Waals surface area contributed by atoms with Gasteiger partial charge in [-0.2, -0.15) is 0 Å². The minimum atomic E-state index is -2.17. The predicted molar refractivity (Wildman–Crippen MR) is 145 cm³/mol. The van der Waals surface area contributed by atoms with Crippen LogP contribution >= 0.6 is 0 Å². The largest absolute Gasteiger partial charge is 0.459 e. The number of aliphatic hydroxyl groups is 3. The van der Waals surface area contributed by atoms with Gasteiger partial charge in [0, 0.05) is 25.3 Å². The van der Waals surface area contributed by atoms with Gasteiger partial charge in [-0.05, 0) is 52.2 Å². The number of aliphatic hydroxyl groups excluding tert-OH is 1. The third-order valence-electron chi connectivity index (χ3n) is 8.80. The Morgan fingerprint density at radius 1 is 1.07 bits per heavy atom. The molecule has 1 heterocycles. The standard InChI is InChI=1S/C30H46O10/c1-8-10-11-12-13-14-21(33)38-25-23-22(18(4)24(25)39-27(34)17(3)9-2)26-30(36,29(7,35)16-37-26)20(32)15-28(23,6)40-19(5)31/h9,20,23-26,32,35-36H,8,10-16H2,1-7H3/b17-9-/t20-,23+,24-,25-,26-,28-,29+,30+/m0/s1. The van der Waals surface area contributed by atoms with Gasteiger partial charge in [-0.25, -0.2) is 4.79 Å². The van der Waals surface area contributed by atoms with E-state index in [1.165, 1.54) is 13.8 Å². The molecule has 0 aromatic heterocycles. The summed E-state index contributed by atoms with van der Waals surface area (Å²) >= 11 is 0. The zero-order chi connectivity index (χ0) is 30.0. The van der Waals surface area contributed by atoms with E-state index in [0.717, 1.165) is 25.7 Å². The number of fused-ring (bicyclic) bond motifs is 3. The van der Waals surface area contributed by atoms with Gasteiger partial charge in [-0.1, -0.05) is 38.7 Å². The van der Waals surface area contributed by atoms with Crippen molar-refractivity contribution in [2.24, 2.45) is 5.92 Å². The fourth-order valence-corrected chi connectivity index (χ4v) is 6.48. The number of unbranched alkanes of at least 4 members (excludes halogenated alkanes) is 4. The molecule has 10 heteroatoms. The van der Waals surface area contributed by atoms with Crippen LogP contribution in [0.3, 0.4) is 0 Å². The van der Waals surface area contributed by atoms with E-state index in [9.17, 15) is 29.7 Å². The van der Waals surface area contributed by atoms with Gasteiger partial charge < -0.3 is 34.3 Å². The summed E-state index contributed by atoms with van der Waals surface area (Å²) in [5, 5.41) is 34.3. The Bertz CT molecular complexity index is 1050. The van der Waals surface area contributed by atoms with Crippen LogP contribution in [0, 0.1) is 5.92 Å². The monoisotopic (exact) mass is 566 g/mol. The maximum atomic E-state index is 13.1. The van der Waals surface area contributed by atoms with Crippen molar-refractivity contribution in [2.75, 3.05) is 6.61 Å². The normalized spacial score (nSPS) is 37.5. The summed E-state index contributed by atoms with van der Waals surface area (Å²) in [4.78, 5) is 38.4. The highest BCUT2D eigenvalue weighted by molar-refractivity contribution is 5.88. The quantitative estimate of drug-likeness (QED) is 0.118. The number of carbonyl (C=O) groups is 3. The van der Waals surface area contributed by atoms with Gasteiger partial charge in [0.25, 0.3) is 0 Å². The zero-order valence-electron chi connectivity index (χ0n) is 24.8. The third kappa shape index (κ3) is 5.86. The van der Waals surface area contributed by atoms with E-state index in [0.29, 0.717) is 23.1 Å². The van der Waals surface area contributed by atoms with Crippen molar-refractivity contribution in [2.45, 2.75) is 135 Å². The molecule has 3 rings (SSSR count). The van der Waals surface area contributed by atoms with Gasteiger partial charge in [0.05, 0.1) is 18.6 Å². The molecule has 40 heavy (non-hydrogen) atoms. The van der Waals surface area contributed by atoms with E-state index >= 15 is 0 Å². The van der Waals surface area contributed by atoms with Crippen LogP contribution in [0.1, 0.15) is 93.4 Å². The summed E-state index contributed by atoms with van der Waals surface area (Å²) in [7, 11) is 0. The average Bonchev–Trinajstić information content (AvgIpc) is 3.24. The highest BCUT2D eigenvalue weighted by atomic mass is 16.6. The predicted octanol–water partition coefficient (Wildman–Crippen LogP) is 3.05. The molecule has 0 spiro atoms. The van der Waals surface area contributed by atoms with Crippen LogP contribution in [0.5, 0.6) is 0 Å². The summed E-state index contributed by atoms with van der Waals surface area (Å²) in [5.41, 5.74) is -4.37. The van der Waals surface area contributed by atoms with Gasteiger partial charge in [-0.3, -0.25) is 9.59 Å². The van der Waals surface area contributed by atoms with Crippen molar-refractivity contribution in [1.82, 2.24) is 0 Å². The highest BCUT2D eigenvalue weighted by Crippen LogP contribution is 2.56. The van der Waals surface area contributed by atoms with Crippen LogP contribution < -0.4 is 0 Å². The van der Waals surface area contributed by atoms with Crippen LogP contribution in [-0.4, -0.2) is 81.1 Å². The van der Waals surface area contributed by atoms with Crippen molar-refractivity contribution >= 4 is 17.9 Å². The molecule has 2 fully saturated rings. The maximum Gasteiger partial charge on any atom is 0.334 e. The Kier molecular flexibility index (Phi) is 9.92. The van der Waals surface area contributed by atoms with Crippen LogP contribution in [0.2, 0.25) is 0 Å². The Hall–Kier alpha value is -2.27. The summed E-state index contributed by atoms with van der Waals surface area (Å²) in [6.07, 6.45) is 1.12. The molecule has 3 aliphatic rings. The molecule has 0 aromatic carbocycles. The van der Waals surface area contributed by atoms with Crippen LogP contribution in [0.25, 0.3) is 0 Å². The summed E-state index contributed by atoms with van der Waals surface area (Å²) in [5.74, 6) is -2.70. The van der Waals surface area contributed by atoms with E-state index in [1.54, 1.807) is 33.8 Å². The lowest BCUT2D eigenvalue weighted by Crippen LogP contribution is -2.62. The first-order chi connectivity index (χ1) is 18.6. The minimum absolute atomic E-state index is 0.154. The lowest BCUT2D eigenvalue weighted by molar-refractivity contribution is -0.197. The molecule has 1 saturated heterocycles.